The highest BCUT2D eigenvalue weighted by molar-refractivity contribution is 7.99. The highest BCUT2D eigenvalue weighted by Gasteiger charge is 2.32. The van der Waals surface area contributed by atoms with E-state index >= 15 is 0 Å². The summed E-state index contributed by atoms with van der Waals surface area (Å²) in [6.45, 7) is 4.40. The predicted molar refractivity (Wildman–Crippen MR) is 201 cm³/mol. The highest BCUT2D eigenvalue weighted by Crippen LogP contribution is 2.49. The summed E-state index contributed by atoms with van der Waals surface area (Å²) in [6.07, 6.45) is 1.00. The number of hydrogen-bond acceptors (Lipinski definition) is 6. The zero-order valence-corrected chi connectivity index (χ0v) is 30.1. The second kappa shape index (κ2) is 14.1. The molecule has 0 spiro atoms. The normalized spacial score (nSPS) is 16.1. The third kappa shape index (κ3) is 6.81. The number of ether oxygens (including phenoxy) is 3. The first-order chi connectivity index (χ1) is 24.8. The van der Waals surface area contributed by atoms with Crippen molar-refractivity contribution in [1.82, 2.24) is 0 Å². The molecule has 8 rings (SSSR count). The molecule has 0 saturated heterocycles. The third-order valence-electron chi connectivity index (χ3n) is 9.82. The van der Waals surface area contributed by atoms with Crippen molar-refractivity contribution in [3.8, 4) is 23.0 Å². The molecule has 0 radical (unpaired) electrons. The van der Waals surface area contributed by atoms with Crippen molar-refractivity contribution in [2.75, 3.05) is 0 Å². The minimum atomic E-state index is -3.72. The Bertz CT molecular complexity index is 2290. The molecule has 0 saturated carbocycles. The third-order valence-corrected chi connectivity index (χ3v) is 12.7. The minimum Gasteiger partial charge on any atom is -0.455 e. The molecule has 4 unspecified atom stereocenters. The van der Waals surface area contributed by atoms with Crippen LogP contribution in [0.4, 0.5) is 0 Å². The van der Waals surface area contributed by atoms with Gasteiger partial charge in [0.25, 0.3) is 0 Å². The van der Waals surface area contributed by atoms with E-state index < -0.39 is 9.84 Å². The van der Waals surface area contributed by atoms with Crippen LogP contribution >= 0.6 is 11.8 Å². The molecule has 0 bridgehead atoms. The fourth-order valence-corrected chi connectivity index (χ4v) is 9.49. The molecule has 2 heterocycles. The second-order valence-corrected chi connectivity index (χ2v) is 16.3. The van der Waals surface area contributed by atoms with Gasteiger partial charge in [-0.05, 0) is 95.5 Å². The Morgan fingerprint density at radius 3 is 1.67 bits per heavy atom. The first kappa shape index (κ1) is 33.3. The van der Waals surface area contributed by atoms with Crippen LogP contribution in [-0.2, 0) is 14.6 Å². The Balaban J connectivity index is 1.07. The molecule has 0 N–H and O–H groups in total. The molecule has 0 aliphatic carbocycles. The summed E-state index contributed by atoms with van der Waals surface area (Å²) in [4.78, 5) is 2.64. The molecular weight excluding hydrogens is 673 g/mol. The quantitative estimate of drug-likeness (QED) is 0.141. The number of benzene rings is 6. The van der Waals surface area contributed by atoms with E-state index in [1.807, 2.05) is 48.5 Å². The second-order valence-electron chi connectivity index (χ2n) is 13.3. The number of sulfone groups is 1. The van der Waals surface area contributed by atoms with Crippen molar-refractivity contribution in [1.29, 1.82) is 0 Å². The van der Waals surface area contributed by atoms with Gasteiger partial charge in [-0.2, -0.15) is 0 Å². The number of fused-ring (bicyclic) bond motifs is 4. The standard InChI is InChI=1S/C44H38O5S2/c1-29(33-21-23-36-42(27-33)50-41-19-11-9-17-35(41)47-36)25-39(31-13-5-3-6-14-31)49-40(32-15-7-4-8-16-32)26-30(2)34-22-24-38-44(28-34)51(45,46)43-20-12-10-18-37(43)48-38/h3-24,27-30,39-40H,25-26H2,1-2H3. The van der Waals surface area contributed by atoms with E-state index in [1.54, 1.807) is 48.2 Å². The van der Waals surface area contributed by atoms with Gasteiger partial charge in [0.05, 0.1) is 22.0 Å². The van der Waals surface area contributed by atoms with E-state index in [2.05, 4.69) is 74.5 Å². The Hall–Kier alpha value is -4.82. The highest BCUT2D eigenvalue weighted by atomic mass is 32.2. The van der Waals surface area contributed by atoms with Gasteiger partial charge in [-0.3, -0.25) is 0 Å². The largest absolute Gasteiger partial charge is 0.455 e. The first-order valence-electron chi connectivity index (χ1n) is 17.3. The summed E-state index contributed by atoms with van der Waals surface area (Å²) in [7, 11) is -3.72. The molecule has 0 aromatic heterocycles. The van der Waals surface area contributed by atoms with Crippen molar-refractivity contribution in [2.45, 2.75) is 70.3 Å². The summed E-state index contributed by atoms with van der Waals surface area (Å²) < 4.78 is 46.7. The van der Waals surface area contributed by atoms with Crippen molar-refractivity contribution in [3.63, 3.8) is 0 Å². The summed E-state index contributed by atoms with van der Waals surface area (Å²) in [5.74, 6) is 2.68. The van der Waals surface area contributed by atoms with E-state index in [1.165, 1.54) is 5.56 Å². The molecule has 6 aromatic carbocycles. The molecule has 4 atom stereocenters. The lowest BCUT2D eigenvalue weighted by atomic mass is 9.90. The molecule has 51 heavy (non-hydrogen) atoms. The molecule has 0 fully saturated rings. The molecule has 6 aromatic rings. The van der Waals surface area contributed by atoms with Crippen LogP contribution in [0.1, 0.15) is 73.0 Å². The van der Waals surface area contributed by atoms with E-state index in [4.69, 9.17) is 14.2 Å². The van der Waals surface area contributed by atoms with Crippen LogP contribution in [0.5, 0.6) is 23.0 Å². The van der Waals surface area contributed by atoms with E-state index in [-0.39, 0.29) is 33.8 Å². The zero-order chi connectivity index (χ0) is 35.0. The van der Waals surface area contributed by atoms with E-state index in [0.717, 1.165) is 44.4 Å². The Labute approximate surface area is 304 Å². The van der Waals surface area contributed by atoms with Gasteiger partial charge in [0.1, 0.15) is 32.8 Å². The first-order valence-corrected chi connectivity index (χ1v) is 19.6. The molecule has 5 nitrogen and oxygen atoms in total. The average Bonchev–Trinajstić information content (AvgIpc) is 3.16. The van der Waals surface area contributed by atoms with E-state index in [0.29, 0.717) is 17.9 Å². The monoisotopic (exact) mass is 710 g/mol. The summed E-state index contributed by atoms with van der Waals surface area (Å²) in [5.41, 5.74) is 4.36. The van der Waals surface area contributed by atoms with Crippen LogP contribution in [0.3, 0.4) is 0 Å². The fraction of sp³-hybridized carbons (Fsp3) is 0.182. The maximum Gasteiger partial charge on any atom is 0.213 e. The van der Waals surface area contributed by atoms with Crippen LogP contribution in [0.25, 0.3) is 0 Å². The van der Waals surface area contributed by atoms with Crippen LogP contribution in [-0.4, -0.2) is 8.42 Å². The topological polar surface area (TPSA) is 61.8 Å². The summed E-state index contributed by atoms with van der Waals surface area (Å²) in [6, 6.07) is 47.8. The number of rotatable bonds is 10. The smallest absolute Gasteiger partial charge is 0.213 e. The van der Waals surface area contributed by atoms with Gasteiger partial charge in [0, 0.05) is 0 Å². The van der Waals surface area contributed by atoms with Crippen LogP contribution in [0, 0.1) is 0 Å². The van der Waals surface area contributed by atoms with Gasteiger partial charge < -0.3 is 14.2 Å². The van der Waals surface area contributed by atoms with Gasteiger partial charge in [-0.1, -0.05) is 123 Å². The molecular formula is C44H38O5S2. The average molecular weight is 711 g/mol. The molecule has 0 amide bonds. The van der Waals surface area contributed by atoms with Crippen LogP contribution in [0.2, 0.25) is 0 Å². The Morgan fingerprint density at radius 2 is 1.00 bits per heavy atom. The predicted octanol–water partition coefficient (Wildman–Crippen LogP) is 12.1. The van der Waals surface area contributed by atoms with Gasteiger partial charge in [-0.25, -0.2) is 8.42 Å². The molecule has 256 valence electrons. The maximum atomic E-state index is 13.7. The molecule has 2 aliphatic rings. The maximum absolute atomic E-state index is 13.7. The minimum absolute atomic E-state index is 0.0118. The Morgan fingerprint density at radius 1 is 0.510 bits per heavy atom. The molecule has 7 heteroatoms. The summed E-state index contributed by atoms with van der Waals surface area (Å²) >= 11 is 1.75. The van der Waals surface area contributed by atoms with E-state index in [9.17, 15) is 8.42 Å². The lowest BCUT2D eigenvalue weighted by Gasteiger charge is -2.30. The van der Waals surface area contributed by atoms with Crippen LogP contribution in [0.15, 0.2) is 165 Å². The van der Waals surface area contributed by atoms with Gasteiger partial charge in [-0.15, -0.1) is 0 Å². The lowest BCUT2D eigenvalue weighted by Crippen LogP contribution is -2.16. The van der Waals surface area contributed by atoms with Gasteiger partial charge in [0.2, 0.25) is 9.84 Å². The van der Waals surface area contributed by atoms with Crippen molar-refractivity contribution in [3.05, 3.63) is 168 Å². The van der Waals surface area contributed by atoms with Crippen LogP contribution < -0.4 is 9.47 Å². The van der Waals surface area contributed by atoms with Gasteiger partial charge >= 0.3 is 0 Å². The van der Waals surface area contributed by atoms with Crippen molar-refractivity contribution in [2.24, 2.45) is 0 Å². The summed E-state index contributed by atoms with van der Waals surface area (Å²) in [5, 5.41) is 0. The van der Waals surface area contributed by atoms with Gasteiger partial charge in [0.15, 0.2) is 0 Å². The molecule has 2 aliphatic heterocycles. The Kier molecular flexibility index (Phi) is 9.19. The van der Waals surface area contributed by atoms with Crippen molar-refractivity contribution >= 4 is 21.6 Å². The SMILES string of the molecule is CC(CC(OC(CC(C)c1ccc2c(c1)S(=O)(=O)c1ccccc1O2)c1ccccc1)c1ccccc1)c1ccc2c(c1)Sc1ccccc1O2. The number of hydrogen-bond donors (Lipinski definition) is 0. The van der Waals surface area contributed by atoms with Crippen molar-refractivity contribution < 1.29 is 22.6 Å². The number of para-hydroxylation sites is 2. The lowest BCUT2D eigenvalue weighted by molar-refractivity contribution is -0.0294. The fourth-order valence-electron chi connectivity index (χ4n) is 6.96. The zero-order valence-electron chi connectivity index (χ0n) is 28.4.